The molecule has 1 atom stereocenters. The van der Waals surface area contributed by atoms with E-state index in [1.807, 2.05) is 37.3 Å². The summed E-state index contributed by atoms with van der Waals surface area (Å²) >= 11 is 3.32. The molecule has 0 saturated heterocycles. The Morgan fingerprint density at radius 1 is 1.55 bits per heavy atom. The second-order valence-electron chi connectivity index (χ2n) is 4.41. The zero-order valence-electron chi connectivity index (χ0n) is 11.2. The Balaban J connectivity index is 2.45. The monoisotopic (exact) mass is 334 g/mol. The Bertz CT molecular complexity index is 692. The molecule has 104 valence electrons. The van der Waals surface area contributed by atoms with E-state index >= 15 is 0 Å². The van der Waals surface area contributed by atoms with Gasteiger partial charge in [0.25, 0.3) is 0 Å². The van der Waals surface area contributed by atoms with Crippen LogP contribution in [0.2, 0.25) is 0 Å². The number of anilines is 1. The molecule has 0 spiro atoms. The summed E-state index contributed by atoms with van der Waals surface area (Å²) in [6.07, 6.45) is 11.6. The third-order valence-electron chi connectivity index (χ3n) is 2.77. The first-order chi connectivity index (χ1) is 9.60. The minimum Gasteiger partial charge on any atom is -0.440 e. The van der Waals surface area contributed by atoms with Crippen molar-refractivity contribution in [2.24, 2.45) is 0 Å². The lowest BCUT2D eigenvalue weighted by atomic mass is 10.1. The van der Waals surface area contributed by atoms with E-state index in [1.165, 1.54) is 6.33 Å². The summed E-state index contributed by atoms with van der Waals surface area (Å²) in [7, 11) is 0. The van der Waals surface area contributed by atoms with Crippen LogP contribution in [0.4, 0.5) is 5.82 Å². The number of halogens is 1. The van der Waals surface area contributed by atoms with Gasteiger partial charge in [0.2, 0.25) is 0 Å². The summed E-state index contributed by atoms with van der Waals surface area (Å²) in [5, 5.41) is 12.9. The molecule has 1 aromatic heterocycles. The lowest BCUT2D eigenvalue weighted by Gasteiger charge is -2.10. The summed E-state index contributed by atoms with van der Waals surface area (Å²) in [6, 6.07) is 0. The summed E-state index contributed by atoms with van der Waals surface area (Å²) < 4.78 is 0.773. The molecule has 5 heteroatoms. The summed E-state index contributed by atoms with van der Waals surface area (Å²) in [4.78, 5) is 8.52. The maximum Gasteiger partial charge on any atom is 0.177 e. The zero-order chi connectivity index (χ0) is 14.5. The first-order valence-electron chi connectivity index (χ1n) is 6.30. The van der Waals surface area contributed by atoms with Gasteiger partial charge in [-0.25, -0.2) is 9.97 Å². The van der Waals surface area contributed by atoms with E-state index in [1.54, 1.807) is 0 Å². The summed E-state index contributed by atoms with van der Waals surface area (Å²) in [5.74, 6) is 0.710. The van der Waals surface area contributed by atoms with Crippen LogP contribution in [0.1, 0.15) is 13.3 Å². The van der Waals surface area contributed by atoms with Gasteiger partial charge in [-0.1, -0.05) is 28.6 Å². The number of aromatic nitrogens is 2. The average molecular weight is 335 g/mol. The third-order valence-corrected chi connectivity index (χ3v) is 3.00. The van der Waals surface area contributed by atoms with E-state index in [0.29, 0.717) is 12.2 Å². The van der Waals surface area contributed by atoms with Gasteiger partial charge in [-0.3, -0.25) is 0 Å². The Labute approximate surface area is 126 Å². The quantitative estimate of drug-likeness (QED) is 0.667. The normalized spacial score (nSPS) is 18.1. The van der Waals surface area contributed by atoms with Crippen LogP contribution in [0.5, 0.6) is 0 Å². The molecule has 4 nitrogen and oxygen atoms in total. The fraction of sp³-hybridized carbons (Fsp3) is 0.200. The van der Waals surface area contributed by atoms with Gasteiger partial charge >= 0.3 is 0 Å². The van der Waals surface area contributed by atoms with Crippen molar-refractivity contribution in [1.29, 1.82) is 0 Å². The Hall–Kier alpha value is -1.72. The van der Waals surface area contributed by atoms with E-state index in [0.717, 1.165) is 20.7 Å². The van der Waals surface area contributed by atoms with Crippen molar-refractivity contribution in [3.05, 3.63) is 51.9 Å². The highest BCUT2D eigenvalue weighted by Crippen LogP contribution is 2.10. The smallest absolute Gasteiger partial charge is 0.177 e. The van der Waals surface area contributed by atoms with E-state index in [-0.39, 0.29) is 6.10 Å². The highest BCUT2D eigenvalue weighted by atomic mass is 79.9. The fourth-order valence-electron chi connectivity index (χ4n) is 1.95. The lowest BCUT2D eigenvalue weighted by molar-refractivity contribution is 0.244. The molecule has 0 saturated carbocycles. The second kappa shape index (κ2) is 6.63. The van der Waals surface area contributed by atoms with Gasteiger partial charge in [0.05, 0.1) is 5.35 Å². The molecule has 3 N–H and O–H groups in total. The highest BCUT2D eigenvalue weighted by molar-refractivity contribution is 9.11. The molecule has 0 fully saturated rings. The topological polar surface area (TPSA) is 60.7 Å². The largest absolute Gasteiger partial charge is 0.440 e. The summed E-state index contributed by atoms with van der Waals surface area (Å²) in [6.45, 7) is 5.75. The van der Waals surface area contributed by atoms with E-state index < -0.39 is 0 Å². The highest BCUT2D eigenvalue weighted by Gasteiger charge is 2.11. The Morgan fingerprint density at radius 3 is 3.05 bits per heavy atom. The van der Waals surface area contributed by atoms with Crippen LogP contribution in [-0.4, -0.2) is 21.2 Å². The standard InChI is InChI=1S/C15H16BrN3O/c1-3-4-11(7-10(2)16)19-15-13-8-12(20)5-6-14(13)17-9-18-15/h3-4,6-9,12,20H,2,5H2,1H3,(H,17,18,19)/p+1/b4-3-,11-7+. The predicted molar refractivity (Wildman–Crippen MR) is 86.8 cm³/mol. The molecule has 1 unspecified atom stereocenters. The second-order valence-corrected chi connectivity index (χ2v) is 5.42. The van der Waals surface area contributed by atoms with Crippen LogP contribution in [0.3, 0.4) is 0 Å². The molecule has 1 aliphatic carbocycles. The van der Waals surface area contributed by atoms with Gasteiger partial charge < -0.3 is 10.4 Å². The van der Waals surface area contributed by atoms with Crippen molar-refractivity contribution in [3.63, 3.8) is 0 Å². The maximum atomic E-state index is 7.86. The van der Waals surface area contributed by atoms with Crippen molar-refractivity contribution in [2.75, 3.05) is 5.32 Å². The number of nitrogens with zero attached hydrogens (tertiary/aromatic N) is 2. The van der Waals surface area contributed by atoms with E-state index in [4.69, 9.17) is 5.11 Å². The first-order valence-corrected chi connectivity index (χ1v) is 7.09. The van der Waals surface area contributed by atoms with Gasteiger partial charge in [-0.05, 0) is 25.2 Å². The SMILES string of the molecule is C=C(Br)/C=C(\C=C/C)Nc1ncnc2c1=CC([OH2+])CC=2. The number of allylic oxidation sites excluding steroid dienone is 4. The van der Waals surface area contributed by atoms with Gasteiger partial charge in [0.15, 0.2) is 6.10 Å². The third kappa shape index (κ3) is 3.65. The van der Waals surface area contributed by atoms with Crippen LogP contribution < -0.4 is 15.9 Å². The Morgan fingerprint density at radius 2 is 2.35 bits per heavy atom. The maximum absolute atomic E-state index is 7.86. The van der Waals surface area contributed by atoms with Crippen molar-refractivity contribution in [2.45, 2.75) is 19.4 Å². The van der Waals surface area contributed by atoms with E-state index in [9.17, 15) is 0 Å². The number of fused-ring (bicyclic) bond motifs is 1. The molecule has 0 aromatic carbocycles. The van der Waals surface area contributed by atoms with Crippen LogP contribution in [0.15, 0.2) is 41.3 Å². The lowest BCUT2D eigenvalue weighted by Crippen LogP contribution is -2.36. The number of rotatable bonds is 4. The molecule has 1 heterocycles. The number of hydrogen-bond donors (Lipinski definition) is 1. The van der Waals surface area contributed by atoms with Crippen LogP contribution in [-0.2, 0) is 0 Å². The van der Waals surface area contributed by atoms with Gasteiger partial charge in [-0.15, -0.1) is 0 Å². The van der Waals surface area contributed by atoms with Crippen molar-refractivity contribution in [1.82, 2.24) is 9.97 Å². The minimum absolute atomic E-state index is 0.241. The van der Waals surface area contributed by atoms with Crippen molar-refractivity contribution in [3.8, 4) is 0 Å². The van der Waals surface area contributed by atoms with Crippen LogP contribution >= 0.6 is 15.9 Å². The summed E-state index contributed by atoms with van der Waals surface area (Å²) in [5.41, 5.74) is 0.871. The molecular formula is C15H17BrN3O+. The van der Waals surface area contributed by atoms with Gasteiger partial charge in [-0.2, -0.15) is 0 Å². The molecule has 0 radical (unpaired) electrons. The molecular weight excluding hydrogens is 318 g/mol. The van der Waals surface area contributed by atoms with Crippen LogP contribution in [0, 0.1) is 0 Å². The van der Waals surface area contributed by atoms with Gasteiger partial charge in [0.1, 0.15) is 12.1 Å². The minimum atomic E-state index is -0.241. The average Bonchev–Trinajstić information content (AvgIpc) is 2.39. The zero-order valence-corrected chi connectivity index (χ0v) is 12.8. The van der Waals surface area contributed by atoms with Crippen molar-refractivity contribution < 1.29 is 5.11 Å². The molecule has 1 aromatic rings. The Kier molecular flexibility index (Phi) is 4.87. The first kappa shape index (κ1) is 14.7. The molecule has 0 amide bonds. The van der Waals surface area contributed by atoms with Crippen molar-refractivity contribution >= 4 is 33.9 Å². The molecule has 1 aliphatic rings. The predicted octanol–water partition coefficient (Wildman–Crippen LogP) is 1.31. The molecule has 20 heavy (non-hydrogen) atoms. The van der Waals surface area contributed by atoms with E-state index in [2.05, 4.69) is 37.8 Å². The molecule has 0 bridgehead atoms. The molecule has 0 aliphatic heterocycles. The number of hydrogen-bond acceptors (Lipinski definition) is 3. The number of nitrogens with one attached hydrogen (secondary N) is 1. The van der Waals surface area contributed by atoms with Gasteiger partial charge in [0, 0.05) is 27.9 Å². The molecule has 2 rings (SSSR count). The van der Waals surface area contributed by atoms with Crippen LogP contribution in [0.25, 0.3) is 12.2 Å². The fourth-order valence-corrected chi connectivity index (χ4v) is 2.20.